The molecule has 0 bridgehead atoms. The van der Waals surface area contributed by atoms with E-state index >= 15 is 0 Å². The van der Waals surface area contributed by atoms with Crippen molar-refractivity contribution in [2.75, 3.05) is 20.2 Å². The zero-order valence-corrected chi connectivity index (χ0v) is 16.1. The molecular weight excluding hydrogens is 366 g/mol. The van der Waals surface area contributed by atoms with Gasteiger partial charge < -0.3 is 4.74 Å². The summed E-state index contributed by atoms with van der Waals surface area (Å²) in [4.78, 5) is 8.93. The highest BCUT2D eigenvalue weighted by Gasteiger charge is 2.34. The third-order valence-electron chi connectivity index (χ3n) is 4.94. The fraction of sp³-hybridized carbons (Fsp3) is 0.389. The number of hydrogen-bond acceptors (Lipinski definition) is 6. The van der Waals surface area contributed by atoms with Crippen molar-refractivity contribution in [3.05, 3.63) is 42.4 Å². The molecule has 142 valence electrons. The molecule has 1 aliphatic rings. The Morgan fingerprint density at radius 3 is 2.78 bits per heavy atom. The Labute approximate surface area is 157 Å². The Balaban J connectivity index is 1.68. The molecule has 9 heteroatoms. The van der Waals surface area contributed by atoms with E-state index in [1.165, 1.54) is 11.4 Å². The van der Waals surface area contributed by atoms with Crippen LogP contribution in [0.15, 0.2) is 41.6 Å². The lowest BCUT2D eigenvalue weighted by Gasteiger charge is -2.31. The summed E-state index contributed by atoms with van der Waals surface area (Å²) in [6, 6.07) is 6.71. The van der Waals surface area contributed by atoms with Crippen molar-refractivity contribution in [2.45, 2.75) is 23.7 Å². The van der Waals surface area contributed by atoms with Crippen LogP contribution in [0, 0.1) is 0 Å². The number of ether oxygens (including phenoxy) is 1. The molecule has 3 aromatic rings. The molecule has 1 aromatic carbocycles. The number of methoxy groups -OCH3 is 1. The summed E-state index contributed by atoms with van der Waals surface area (Å²) in [5.74, 6) is 0.331. The number of piperidine rings is 1. The van der Waals surface area contributed by atoms with Crippen LogP contribution in [0.2, 0.25) is 0 Å². The molecule has 0 aliphatic carbocycles. The summed E-state index contributed by atoms with van der Waals surface area (Å²) in [5.41, 5.74) is 2.25. The van der Waals surface area contributed by atoms with Crippen molar-refractivity contribution >= 4 is 21.2 Å². The number of sulfonamides is 1. The van der Waals surface area contributed by atoms with Crippen molar-refractivity contribution in [3.63, 3.8) is 0 Å². The Bertz CT molecular complexity index is 1080. The van der Waals surface area contributed by atoms with E-state index in [1.54, 1.807) is 41.3 Å². The zero-order chi connectivity index (χ0) is 19.0. The smallest absolute Gasteiger partial charge is 0.246 e. The maximum absolute atomic E-state index is 13.2. The van der Waals surface area contributed by atoms with Crippen LogP contribution < -0.4 is 4.74 Å². The van der Waals surface area contributed by atoms with E-state index in [-0.39, 0.29) is 10.8 Å². The van der Waals surface area contributed by atoms with Crippen LogP contribution in [-0.4, -0.2) is 52.7 Å². The molecule has 0 amide bonds. The molecule has 1 fully saturated rings. The minimum atomic E-state index is -3.65. The number of aryl methyl sites for hydroxylation is 1. The number of benzene rings is 1. The van der Waals surface area contributed by atoms with Crippen LogP contribution in [0.25, 0.3) is 11.2 Å². The van der Waals surface area contributed by atoms with E-state index < -0.39 is 10.0 Å². The molecular formula is C18H21N5O3S. The molecule has 0 N–H and O–H groups in total. The Morgan fingerprint density at radius 2 is 1.96 bits per heavy atom. The van der Waals surface area contributed by atoms with Gasteiger partial charge in [-0.05, 0) is 25.0 Å². The molecule has 4 rings (SSSR count). The highest BCUT2D eigenvalue weighted by atomic mass is 32.2. The van der Waals surface area contributed by atoms with Gasteiger partial charge in [0.25, 0.3) is 0 Å². The highest BCUT2D eigenvalue weighted by Crippen LogP contribution is 2.34. The first kappa shape index (κ1) is 17.9. The molecule has 0 spiro atoms. The Kier molecular flexibility index (Phi) is 4.56. The lowest BCUT2D eigenvalue weighted by atomic mass is 9.96. The second-order valence-corrected chi connectivity index (χ2v) is 8.50. The van der Waals surface area contributed by atoms with Gasteiger partial charge in [-0.2, -0.15) is 9.40 Å². The van der Waals surface area contributed by atoms with Gasteiger partial charge in [0.2, 0.25) is 10.0 Å². The van der Waals surface area contributed by atoms with Crippen LogP contribution in [-0.2, 0) is 17.1 Å². The minimum Gasteiger partial charge on any atom is -0.495 e. The van der Waals surface area contributed by atoms with Crippen molar-refractivity contribution in [2.24, 2.45) is 7.05 Å². The summed E-state index contributed by atoms with van der Waals surface area (Å²) in [7, 11) is -0.350. The van der Waals surface area contributed by atoms with Crippen LogP contribution >= 0.6 is 0 Å². The first-order valence-corrected chi connectivity index (χ1v) is 10.2. The average molecular weight is 387 g/mol. The predicted octanol–water partition coefficient (Wildman–Crippen LogP) is 1.94. The third kappa shape index (κ3) is 3.06. The molecule has 2 aromatic heterocycles. The maximum Gasteiger partial charge on any atom is 0.246 e. The number of aromatic nitrogens is 4. The summed E-state index contributed by atoms with van der Waals surface area (Å²) < 4.78 is 34.9. The van der Waals surface area contributed by atoms with Gasteiger partial charge in [0.1, 0.15) is 16.2 Å². The van der Waals surface area contributed by atoms with Crippen molar-refractivity contribution in [1.82, 2.24) is 24.1 Å². The number of fused-ring (bicyclic) bond motifs is 1. The van der Waals surface area contributed by atoms with E-state index in [2.05, 4.69) is 15.1 Å². The maximum atomic E-state index is 13.2. The minimum absolute atomic E-state index is 0.0244. The molecule has 0 saturated carbocycles. The first-order valence-electron chi connectivity index (χ1n) is 8.79. The predicted molar refractivity (Wildman–Crippen MR) is 100 cm³/mol. The van der Waals surface area contributed by atoms with Crippen LogP contribution in [0.3, 0.4) is 0 Å². The summed E-state index contributed by atoms with van der Waals surface area (Å²) in [5, 5.41) is 4.58. The van der Waals surface area contributed by atoms with Crippen LogP contribution in [0.4, 0.5) is 0 Å². The molecule has 1 saturated heterocycles. The summed E-state index contributed by atoms with van der Waals surface area (Å²) in [6.45, 7) is 0.844. The van der Waals surface area contributed by atoms with E-state index in [0.29, 0.717) is 24.5 Å². The van der Waals surface area contributed by atoms with Gasteiger partial charge in [0.05, 0.1) is 12.8 Å². The first-order chi connectivity index (χ1) is 13.0. The number of rotatable bonds is 4. The monoisotopic (exact) mass is 387 g/mol. The molecule has 1 atom stereocenters. The van der Waals surface area contributed by atoms with Crippen molar-refractivity contribution in [1.29, 1.82) is 0 Å². The normalized spacial score (nSPS) is 18.7. The van der Waals surface area contributed by atoms with Gasteiger partial charge in [0.15, 0.2) is 5.65 Å². The van der Waals surface area contributed by atoms with Gasteiger partial charge in [-0.25, -0.2) is 23.1 Å². The molecule has 0 radical (unpaired) electrons. The molecule has 3 heterocycles. The average Bonchev–Trinajstić information content (AvgIpc) is 3.05. The van der Waals surface area contributed by atoms with Gasteiger partial charge >= 0.3 is 0 Å². The zero-order valence-electron chi connectivity index (χ0n) is 15.2. The number of para-hydroxylation sites is 1. The fourth-order valence-corrected chi connectivity index (χ4v) is 5.31. The van der Waals surface area contributed by atoms with E-state index in [1.807, 2.05) is 7.05 Å². The lowest BCUT2D eigenvalue weighted by Crippen LogP contribution is -2.39. The van der Waals surface area contributed by atoms with Gasteiger partial charge in [0, 0.05) is 38.4 Å². The molecule has 27 heavy (non-hydrogen) atoms. The second-order valence-electron chi connectivity index (χ2n) is 6.59. The fourth-order valence-electron chi connectivity index (χ4n) is 3.63. The topological polar surface area (TPSA) is 90.2 Å². The van der Waals surface area contributed by atoms with Gasteiger partial charge in [-0.1, -0.05) is 12.1 Å². The number of hydrogen-bond donors (Lipinski definition) is 0. The highest BCUT2D eigenvalue weighted by molar-refractivity contribution is 7.89. The van der Waals surface area contributed by atoms with Gasteiger partial charge in [-0.3, -0.25) is 0 Å². The Hall–Kier alpha value is -2.52. The Morgan fingerprint density at radius 1 is 1.19 bits per heavy atom. The molecule has 1 unspecified atom stereocenters. The standard InChI is InChI=1S/C18H21N5O3S/c1-22-18-17(19-9-10-20-18)16(21-22)13-6-5-11-23(12-13)27(24,25)15-8-4-3-7-14(15)26-2/h3-4,7-10,13H,5-6,11-12H2,1-2H3. The van der Waals surface area contributed by atoms with E-state index in [0.717, 1.165) is 24.1 Å². The lowest BCUT2D eigenvalue weighted by molar-refractivity contribution is 0.310. The second kappa shape index (κ2) is 6.90. The van der Waals surface area contributed by atoms with Crippen molar-refractivity contribution < 1.29 is 13.2 Å². The summed E-state index contributed by atoms with van der Waals surface area (Å²) >= 11 is 0. The van der Waals surface area contributed by atoms with E-state index in [4.69, 9.17) is 4.74 Å². The largest absolute Gasteiger partial charge is 0.495 e. The SMILES string of the molecule is COc1ccccc1S(=O)(=O)N1CCCC(c2nn(C)c3nccnc23)C1. The summed E-state index contributed by atoms with van der Waals surface area (Å²) in [6.07, 6.45) is 4.89. The van der Waals surface area contributed by atoms with E-state index in [9.17, 15) is 8.42 Å². The van der Waals surface area contributed by atoms with Crippen molar-refractivity contribution in [3.8, 4) is 5.75 Å². The molecule has 1 aliphatic heterocycles. The molecule has 8 nitrogen and oxygen atoms in total. The third-order valence-corrected chi connectivity index (χ3v) is 6.85. The quantitative estimate of drug-likeness (QED) is 0.680. The van der Waals surface area contributed by atoms with Crippen LogP contribution in [0.5, 0.6) is 5.75 Å². The van der Waals surface area contributed by atoms with Crippen LogP contribution in [0.1, 0.15) is 24.5 Å². The van der Waals surface area contributed by atoms with Gasteiger partial charge in [-0.15, -0.1) is 0 Å². The number of nitrogens with zero attached hydrogens (tertiary/aromatic N) is 5.